The summed E-state index contributed by atoms with van der Waals surface area (Å²) in [6, 6.07) is 24.4. The molecule has 0 bridgehead atoms. The summed E-state index contributed by atoms with van der Waals surface area (Å²) < 4.78 is 11.0. The van der Waals surface area contributed by atoms with Gasteiger partial charge >= 0.3 is 17.9 Å². The Hall–Kier alpha value is -3.97. The molecule has 0 spiro atoms. The number of carboxylic acid groups (broad SMARTS) is 2. The predicted molar refractivity (Wildman–Crippen MR) is 110 cm³/mol. The highest BCUT2D eigenvalue weighted by atomic mass is 16.6. The molecular formula is C24H20O7. The first-order chi connectivity index (χ1) is 15.0. The number of hydrogen-bond acceptors (Lipinski definition) is 5. The normalized spacial score (nSPS) is 13.5. The molecule has 0 heterocycles. The van der Waals surface area contributed by atoms with Crippen LogP contribution in [-0.4, -0.2) is 28.1 Å². The summed E-state index contributed by atoms with van der Waals surface area (Å²) in [4.78, 5) is 36.6. The van der Waals surface area contributed by atoms with E-state index in [-0.39, 0.29) is 5.56 Å². The number of hydrogen-bond donors (Lipinski definition) is 2. The molecular weight excluding hydrogens is 400 g/mol. The van der Waals surface area contributed by atoms with Gasteiger partial charge in [-0.3, -0.25) is 0 Å². The largest absolute Gasteiger partial charge is 0.479 e. The lowest BCUT2D eigenvalue weighted by Gasteiger charge is -2.23. The Bertz CT molecular complexity index is 1020. The Morgan fingerprint density at radius 1 is 0.548 bits per heavy atom. The van der Waals surface area contributed by atoms with E-state index < -0.39 is 36.2 Å². The topological polar surface area (TPSA) is 110 Å². The molecule has 7 nitrogen and oxygen atoms in total. The summed E-state index contributed by atoms with van der Waals surface area (Å²) in [5.74, 6) is -3.66. The van der Waals surface area contributed by atoms with Crippen LogP contribution in [0.25, 0.3) is 0 Å². The van der Waals surface area contributed by atoms with Crippen molar-refractivity contribution >= 4 is 17.9 Å². The van der Waals surface area contributed by atoms with E-state index in [0.717, 1.165) is 0 Å². The molecule has 3 aromatic rings. The number of rotatable bonds is 9. The quantitative estimate of drug-likeness (QED) is 0.505. The zero-order valence-electron chi connectivity index (χ0n) is 16.3. The number of carbonyl (C=O) groups excluding carboxylic acids is 1. The van der Waals surface area contributed by atoms with Crippen LogP contribution < -0.4 is 0 Å². The van der Waals surface area contributed by atoms with Gasteiger partial charge in [0.25, 0.3) is 0 Å². The second kappa shape index (κ2) is 10.2. The number of benzene rings is 3. The van der Waals surface area contributed by atoms with E-state index in [1.54, 1.807) is 78.9 Å². The molecule has 1 unspecified atom stereocenters. The Morgan fingerprint density at radius 2 is 0.903 bits per heavy atom. The number of ether oxygens (including phenoxy) is 2. The first kappa shape index (κ1) is 21.7. The second-order valence-corrected chi connectivity index (χ2v) is 6.62. The van der Waals surface area contributed by atoms with E-state index in [1.165, 1.54) is 12.1 Å². The van der Waals surface area contributed by atoms with E-state index in [0.29, 0.717) is 11.1 Å². The molecule has 0 saturated carbocycles. The summed E-state index contributed by atoms with van der Waals surface area (Å²) in [5, 5.41) is 19.2. The molecule has 0 aromatic heterocycles. The highest BCUT2D eigenvalue weighted by Gasteiger charge is 2.34. The number of carboxylic acids is 2. The average molecular weight is 420 g/mol. The van der Waals surface area contributed by atoms with Crippen LogP contribution in [0.2, 0.25) is 0 Å². The first-order valence-electron chi connectivity index (χ1n) is 9.43. The van der Waals surface area contributed by atoms with Crippen molar-refractivity contribution in [3.8, 4) is 0 Å². The molecule has 0 aliphatic heterocycles. The second-order valence-electron chi connectivity index (χ2n) is 6.62. The standard InChI is InChI=1S/C24H20O7/c25-22(26)19(16-10-4-1-5-11-16)30-21(18-14-8-3-9-15-18)24(29)31-20(23(27)28)17-12-6-2-7-13-17/h1-15,19-21H,(H,25,26)(H,27,28)/t19-,20-,21?/m1/s1. The smallest absolute Gasteiger partial charge is 0.349 e. The zero-order valence-corrected chi connectivity index (χ0v) is 16.3. The fourth-order valence-electron chi connectivity index (χ4n) is 3.01. The highest BCUT2D eigenvalue weighted by Crippen LogP contribution is 2.30. The van der Waals surface area contributed by atoms with E-state index in [4.69, 9.17) is 9.47 Å². The fourth-order valence-corrected chi connectivity index (χ4v) is 3.01. The molecule has 158 valence electrons. The maximum absolute atomic E-state index is 13.0. The molecule has 0 aliphatic rings. The van der Waals surface area contributed by atoms with Gasteiger partial charge in [0.2, 0.25) is 6.10 Å². The molecule has 31 heavy (non-hydrogen) atoms. The summed E-state index contributed by atoms with van der Waals surface area (Å²) in [5.41, 5.74) is 0.946. The van der Waals surface area contributed by atoms with Gasteiger partial charge in [-0.05, 0) is 11.1 Å². The summed E-state index contributed by atoms with van der Waals surface area (Å²) >= 11 is 0. The molecule has 0 fully saturated rings. The van der Waals surface area contributed by atoms with Crippen molar-refractivity contribution in [2.24, 2.45) is 0 Å². The van der Waals surface area contributed by atoms with E-state index in [2.05, 4.69) is 0 Å². The van der Waals surface area contributed by atoms with Crippen LogP contribution in [0.3, 0.4) is 0 Å². The van der Waals surface area contributed by atoms with Gasteiger partial charge in [0.05, 0.1) is 0 Å². The van der Waals surface area contributed by atoms with E-state index in [9.17, 15) is 24.6 Å². The third kappa shape index (κ3) is 5.55. The third-order valence-corrected chi connectivity index (χ3v) is 4.48. The molecule has 3 aromatic carbocycles. The van der Waals surface area contributed by atoms with Crippen LogP contribution in [-0.2, 0) is 23.9 Å². The SMILES string of the molecule is O=C(O[C@@H](C(=O)O)c1ccccc1)C(O[C@@H](C(=O)O)c1ccccc1)c1ccccc1. The van der Waals surface area contributed by atoms with Crippen molar-refractivity contribution in [1.29, 1.82) is 0 Å². The first-order valence-corrected chi connectivity index (χ1v) is 9.43. The highest BCUT2D eigenvalue weighted by molar-refractivity contribution is 5.83. The Kier molecular flexibility index (Phi) is 7.13. The Balaban J connectivity index is 1.92. The van der Waals surface area contributed by atoms with Gasteiger partial charge in [0, 0.05) is 5.56 Å². The van der Waals surface area contributed by atoms with Crippen molar-refractivity contribution < 1.29 is 34.1 Å². The lowest BCUT2D eigenvalue weighted by Crippen LogP contribution is -2.28. The minimum absolute atomic E-state index is 0.271. The summed E-state index contributed by atoms with van der Waals surface area (Å²) in [7, 11) is 0. The Labute approximate surface area is 178 Å². The molecule has 7 heteroatoms. The molecule has 2 N–H and O–H groups in total. The maximum atomic E-state index is 13.0. The van der Waals surface area contributed by atoms with Crippen LogP contribution in [0.1, 0.15) is 35.0 Å². The molecule has 3 atom stereocenters. The minimum atomic E-state index is -1.57. The Morgan fingerprint density at radius 3 is 1.29 bits per heavy atom. The zero-order chi connectivity index (χ0) is 22.2. The van der Waals surface area contributed by atoms with Gasteiger partial charge in [-0.1, -0.05) is 91.0 Å². The van der Waals surface area contributed by atoms with Crippen molar-refractivity contribution in [3.63, 3.8) is 0 Å². The van der Waals surface area contributed by atoms with Crippen LogP contribution in [0.4, 0.5) is 0 Å². The molecule has 0 saturated heterocycles. The van der Waals surface area contributed by atoms with Crippen molar-refractivity contribution in [1.82, 2.24) is 0 Å². The van der Waals surface area contributed by atoms with Gasteiger partial charge in [-0.2, -0.15) is 0 Å². The number of esters is 1. The van der Waals surface area contributed by atoms with Crippen LogP contribution >= 0.6 is 0 Å². The monoisotopic (exact) mass is 420 g/mol. The van der Waals surface area contributed by atoms with Gasteiger partial charge in [0.1, 0.15) is 0 Å². The van der Waals surface area contributed by atoms with Gasteiger partial charge in [-0.25, -0.2) is 14.4 Å². The predicted octanol–water partition coefficient (Wildman–Crippen LogP) is 3.94. The van der Waals surface area contributed by atoms with Crippen molar-refractivity contribution in [3.05, 3.63) is 108 Å². The van der Waals surface area contributed by atoms with Crippen molar-refractivity contribution in [2.75, 3.05) is 0 Å². The molecule has 0 amide bonds. The van der Waals surface area contributed by atoms with E-state index >= 15 is 0 Å². The minimum Gasteiger partial charge on any atom is -0.479 e. The lowest BCUT2D eigenvalue weighted by molar-refractivity contribution is -0.180. The molecule has 0 aliphatic carbocycles. The van der Waals surface area contributed by atoms with Gasteiger partial charge < -0.3 is 19.7 Å². The van der Waals surface area contributed by atoms with Crippen LogP contribution in [0.5, 0.6) is 0 Å². The van der Waals surface area contributed by atoms with Crippen molar-refractivity contribution in [2.45, 2.75) is 18.3 Å². The molecule has 0 radical (unpaired) electrons. The van der Waals surface area contributed by atoms with Gasteiger partial charge in [0.15, 0.2) is 12.2 Å². The fraction of sp³-hybridized carbons (Fsp3) is 0.125. The third-order valence-electron chi connectivity index (χ3n) is 4.48. The maximum Gasteiger partial charge on any atom is 0.349 e. The summed E-state index contributed by atoms with van der Waals surface area (Å²) in [6.07, 6.45) is -4.48. The average Bonchev–Trinajstić information content (AvgIpc) is 2.79. The van der Waals surface area contributed by atoms with Crippen LogP contribution in [0.15, 0.2) is 91.0 Å². The van der Waals surface area contributed by atoms with Crippen LogP contribution in [0, 0.1) is 0 Å². The number of aliphatic carboxylic acids is 2. The number of carbonyl (C=O) groups is 3. The van der Waals surface area contributed by atoms with Gasteiger partial charge in [-0.15, -0.1) is 0 Å². The summed E-state index contributed by atoms with van der Waals surface area (Å²) in [6.45, 7) is 0. The lowest BCUT2D eigenvalue weighted by atomic mass is 10.1. The molecule has 3 rings (SSSR count). The van der Waals surface area contributed by atoms with E-state index in [1.807, 2.05) is 0 Å².